The van der Waals surface area contributed by atoms with Gasteiger partial charge in [0, 0.05) is 45.3 Å². The molecule has 3 amide bonds. The van der Waals surface area contributed by atoms with Gasteiger partial charge in [-0.05, 0) is 31.4 Å². The van der Waals surface area contributed by atoms with Crippen molar-refractivity contribution in [3.63, 3.8) is 0 Å². The number of carbonyl (C=O) groups is 2. The first-order valence-corrected chi connectivity index (χ1v) is 8.10. The smallest absolute Gasteiger partial charge is 0.317 e. The Bertz CT molecular complexity index is 508. The van der Waals surface area contributed by atoms with Crippen molar-refractivity contribution in [3.8, 4) is 0 Å². The van der Waals surface area contributed by atoms with E-state index in [1.807, 2.05) is 18.2 Å². The summed E-state index contributed by atoms with van der Waals surface area (Å²) in [5.41, 5.74) is 0. The number of rotatable bonds is 6. The molecule has 0 aliphatic carbocycles. The topological polar surface area (TPSA) is 86.4 Å². The summed E-state index contributed by atoms with van der Waals surface area (Å²) in [6.45, 7) is 4.20. The second kappa shape index (κ2) is 8.97. The molecular formula is C16H25N5O2. The molecule has 1 atom stereocenters. The van der Waals surface area contributed by atoms with Gasteiger partial charge in [0.1, 0.15) is 5.82 Å². The number of nitrogens with one attached hydrogen (secondary N) is 3. The van der Waals surface area contributed by atoms with Crippen LogP contribution in [0.5, 0.6) is 0 Å². The number of hydrogen-bond donors (Lipinski definition) is 3. The number of carbonyl (C=O) groups excluding carboxylic acids is 2. The van der Waals surface area contributed by atoms with Crippen LogP contribution in [0.4, 0.5) is 10.6 Å². The monoisotopic (exact) mass is 319 g/mol. The molecule has 1 unspecified atom stereocenters. The van der Waals surface area contributed by atoms with Gasteiger partial charge in [-0.15, -0.1) is 0 Å². The van der Waals surface area contributed by atoms with Crippen molar-refractivity contribution in [3.05, 3.63) is 24.4 Å². The number of hydrogen-bond acceptors (Lipinski definition) is 4. The molecule has 0 bridgehead atoms. The van der Waals surface area contributed by atoms with E-state index in [-0.39, 0.29) is 18.0 Å². The minimum absolute atomic E-state index is 0.0437. The summed E-state index contributed by atoms with van der Waals surface area (Å²) in [4.78, 5) is 29.2. The molecular weight excluding hydrogens is 294 g/mol. The van der Waals surface area contributed by atoms with E-state index in [0.717, 1.165) is 38.2 Å². The molecule has 2 rings (SSSR count). The molecule has 0 radical (unpaired) electrons. The van der Waals surface area contributed by atoms with Gasteiger partial charge < -0.3 is 20.9 Å². The van der Waals surface area contributed by atoms with Crippen LogP contribution in [0.25, 0.3) is 0 Å². The van der Waals surface area contributed by atoms with E-state index in [1.165, 1.54) is 6.92 Å². The molecule has 1 aromatic heterocycles. The minimum atomic E-state index is -0.0575. The van der Waals surface area contributed by atoms with Crippen molar-refractivity contribution in [2.75, 3.05) is 31.5 Å². The van der Waals surface area contributed by atoms with Crippen molar-refractivity contribution >= 4 is 17.8 Å². The highest BCUT2D eigenvalue weighted by molar-refractivity contribution is 5.75. The number of amides is 3. The highest BCUT2D eigenvalue weighted by Gasteiger charge is 2.23. The van der Waals surface area contributed by atoms with Gasteiger partial charge in [0.25, 0.3) is 0 Å². The molecule has 1 aliphatic heterocycles. The molecule has 1 fully saturated rings. The van der Waals surface area contributed by atoms with E-state index in [9.17, 15) is 9.59 Å². The van der Waals surface area contributed by atoms with Gasteiger partial charge >= 0.3 is 6.03 Å². The molecule has 1 aliphatic rings. The molecule has 7 nitrogen and oxygen atoms in total. The Morgan fingerprint density at radius 3 is 2.96 bits per heavy atom. The van der Waals surface area contributed by atoms with Crippen LogP contribution in [0.2, 0.25) is 0 Å². The Labute approximate surface area is 136 Å². The summed E-state index contributed by atoms with van der Waals surface area (Å²) in [5, 5.41) is 9.01. The van der Waals surface area contributed by atoms with Crippen molar-refractivity contribution in [2.24, 2.45) is 0 Å². The third kappa shape index (κ3) is 6.14. The zero-order valence-electron chi connectivity index (χ0n) is 13.5. The van der Waals surface area contributed by atoms with E-state index >= 15 is 0 Å². The van der Waals surface area contributed by atoms with Gasteiger partial charge in [-0.25, -0.2) is 9.78 Å². The molecule has 0 aromatic carbocycles. The molecule has 3 N–H and O–H groups in total. The summed E-state index contributed by atoms with van der Waals surface area (Å²) in [7, 11) is 0. The number of urea groups is 1. The average molecular weight is 319 g/mol. The van der Waals surface area contributed by atoms with Crippen LogP contribution in [-0.2, 0) is 4.79 Å². The Morgan fingerprint density at radius 2 is 2.22 bits per heavy atom. The zero-order valence-corrected chi connectivity index (χ0v) is 13.5. The Hall–Kier alpha value is -2.31. The average Bonchev–Trinajstić information content (AvgIpc) is 2.55. The summed E-state index contributed by atoms with van der Waals surface area (Å²) in [6.07, 6.45) is 4.41. The summed E-state index contributed by atoms with van der Waals surface area (Å²) in [6, 6.07) is 5.72. The fourth-order valence-corrected chi connectivity index (χ4v) is 2.65. The SMILES string of the molecule is CC(=O)NC1CCCN(C(=O)NCCCNc2ccccn2)C1. The van der Waals surface area contributed by atoms with Crippen LogP contribution >= 0.6 is 0 Å². The van der Waals surface area contributed by atoms with Crippen molar-refractivity contribution < 1.29 is 9.59 Å². The van der Waals surface area contributed by atoms with Gasteiger partial charge in [-0.2, -0.15) is 0 Å². The van der Waals surface area contributed by atoms with Crippen LogP contribution in [0.15, 0.2) is 24.4 Å². The van der Waals surface area contributed by atoms with E-state index < -0.39 is 0 Å². The highest BCUT2D eigenvalue weighted by Crippen LogP contribution is 2.10. The van der Waals surface area contributed by atoms with Gasteiger partial charge in [-0.1, -0.05) is 6.07 Å². The Morgan fingerprint density at radius 1 is 1.35 bits per heavy atom. The number of piperidine rings is 1. The van der Waals surface area contributed by atoms with Crippen LogP contribution < -0.4 is 16.0 Å². The first-order valence-electron chi connectivity index (χ1n) is 8.10. The molecule has 1 saturated heterocycles. The summed E-state index contributed by atoms with van der Waals surface area (Å²) in [5.74, 6) is 0.797. The Kier molecular flexibility index (Phi) is 6.65. The molecule has 7 heteroatoms. The van der Waals surface area contributed by atoms with Gasteiger partial charge in [0.05, 0.1) is 0 Å². The quantitative estimate of drug-likeness (QED) is 0.688. The lowest BCUT2D eigenvalue weighted by molar-refractivity contribution is -0.119. The number of likely N-dealkylation sites (tertiary alicyclic amines) is 1. The maximum Gasteiger partial charge on any atom is 0.317 e. The molecule has 2 heterocycles. The first kappa shape index (κ1) is 17.1. The maximum atomic E-state index is 12.1. The number of nitrogens with zero attached hydrogens (tertiary/aromatic N) is 2. The van der Waals surface area contributed by atoms with Crippen LogP contribution in [-0.4, -0.2) is 54.0 Å². The predicted octanol–water partition coefficient (Wildman–Crippen LogP) is 1.19. The number of anilines is 1. The van der Waals surface area contributed by atoms with Gasteiger partial charge in [-0.3, -0.25) is 4.79 Å². The molecule has 0 saturated carbocycles. The maximum absolute atomic E-state index is 12.1. The van der Waals surface area contributed by atoms with E-state index in [2.05, 4.69) is 20.9 Å². The molecule has 23 heavy (non-hydrogen) atoms. The standard InChI is InChI=1S/C16H25N5O2/c1-13(22)20-14-6-4-11-21(12-14)16(23)19-10-5-9-18-15-7-2-3-8-17-15/h2-3,7-8,14H,4-6,9-12H2,1H3,(H,17,18)(H,19,23)(H,20,22). The fourth-order valence-electron chi connectivity index (χ4n) is 2.65. The Balaban J connectivity index is 1.61. The summed E-state index contributed by atoms with van der Waals surface area (Å²) >= 11 is 0. The largest absolute Gasteiger partial charge is 0.370 e. The van der Waals surface area contributed by atoms with Gasteiger partial charge in [0.2, 0.25) is 5.91 Å². The van der Waals surface area contributed by atoms with Crippen molar-refractivity contribution in [1.29, 1.82) is 0 Å². The molecule has 1 aromatic rings. The third-order valence-electron chi connectivity index (χ3n) is 3.72. The first-order chi connectivity index (χ1) is 11.1. The van der Waals surface area contributed by atoms with E-state index in [0.29, 0.717) is 13.1 Å². The molecule has 0 spiro atoms. The lowest BCUT2D eigenvalue weighted by atomic mass is 10.1. The van der Waals surface area contributed by atoms with Crippen LogP contribution in [0.1, 0.15) is 26.2 Å². The fraction of sp³-hybridized carbons (Fsp3) is 0.562. The van der Waals surface area contributed by atoms with Crippen LogP contribution in [0.3, 0.4) is 0 Å². The normalized spacial score (nSPS) is 17.4. The highest BCUT2D eigenvalue weighted by atomic mass is 16.2. The second-order valence-electron chi connectivity index (χ2n) is 5.71. The van der Waals surface area contributed by atoms with E-state index in [4.69, 9.17) is 0 Å². The van der Waals surface area contributed by atoms with E-state index in [1.54, 1.807) is 11.1 Å². The predicted molar refractivity (Wildman–Crippen MR) is 89.2 cm³/mol. The lowest BCUT2D eigenvalue weighted by Crippen LogP contribution is -2.52. The molecule has 126 valence electrons. The van der Waals surface area contributed by atoms with Crippen molar-refractivity contribution in [2.45, 2.75) is 32.2 Å². The van der Waals surface area contributed by atoms with Gasteiger partial charge in [0.15, 0.2) is 0 Å². The number of pyridine rings is 1. The van der Waals surface area contributed by atoms with Crippen molar-refractivity contribution in [1.82, 2.24) is 20.5 Å². The summed E-state index contributed by atoms with van der Waals surface area (Å²) < 4.78 is 0. The number of aromatic nitrogens is 1. The second-order valence-corrected chi connectivity index (χ2v) is 5.71. The van der Waals surface area contributed by atoms with Crippen LogP contribution in [0, 0.1) is 0 Å². The zero-order chi connectivity index (χ0) is 16.5. The minimum Gasteiger partial charge on any atom is -0.370 e. The lowest BCUT2D eigenvalue weighted by Gasteiger charge is -2.33. The third-order valence-corrected chi connectivity index (χ3v) is 3.72.